The summed E-state index contributed by atoms with van der Waals surface area (Å²) in [6.07, 6.45) is 2.22. The van der Waals surface area contributed by atoms with Crippen LogP contribution in [0.2, 0.25) is 0 Å². The van der Waals surface area contributed by atoms with Gasteiger partial charge < -0.3 is 15.4 Å². The second-order valence-corrected chi connectivity index (χ2v) is 6.03. The molecule has 0 aliphatic heterocycles. The predicted molar refractivity (Wildman–Crippen MR) is 101 cm³/mol. The van der Waals surface area contributed by atoms with Crippen molar-refractivity contribution in [2.75, 3.05) is 7.05 Å². The Morgan fingerprint density at radius 1 is 1.16 bits per heavy atom. The molecule has 2 atom stereocenters. The predicted octanol–water partition coefficient (Wildman–Crippen LogP) is 3.94. The Hall–Kier alpha value is -1.45. The molecule has 1 saturated carbocycles. The molecule has 138 valence electrons. The highest BCUT2D eigenvalue weighted by Gasteiger charge is 2.42. The van der Waals surface area contributed by atoms with Gasteiger partial charge in [0.2, 0.25) is 0 Å². The minimum Gasteiger partial charge on any atom is -0.405 e. The van der Waals surface area contributed by atoms with Gasteiger partial charge in [0.1, 0.15) is 5.75 Å². The van der Waals surface area contributed by atoms with Gasteiger partial charge in [0.15, 0.2) is 5.96 Å². The molecule has 2 unspecified atom stereocenters. The van der Waals surface area contributed by atoms with Gasteiger partial charge in [-0.3, -0.25) is 4.99 Å². The minimum atomic E-state index is -4.68. The Labute approximate surface area is 161 Å². The van der Waals surface area contributed by atoms with E-state index in [0.29, 0.717) is 17.6 Å². The minimum absolute atomic E-state index is 0. The number of ether oxygens (including phenoxy) is 1. The van der Waals surface area contributed by atoms with Crippen molar-refractivity contribution in [1.82, 2.24) is 10.6 Å². The van der Waals surface area contributed by atoms with Gasteiger partial charge in [-0.1, -0.05) is 30.4 Å². The van der Waals surface area contributed by atoms with Crippen LogP contribution in [0.5, 0.6) is 5.75 Å². The molecule has 2 N–H and O–H groups in total. The number of hydrogen-bond donors (Lipinski definition) is 2. The zero-order chi connectivity index (χ0) is 17.2. The molecule has 1 aromatic carbocycles. The molecule has 2 aliphatic rings. The van der Waals surface area contributed by atoms with E-state index < -0.39 is 6.36 Å². The van der Waals surface area contributed by atoms with Gasteiger partial charge in [0.25, 0.3) is 0 Å². The van der Waals surface area contributed by atoms with E-state index in [-0.39, 0.29) is 41.7 Å². The molecule has 0 radical (unpaired) electrons. The molecule has 2 aliphatic carbocycles. The van der Waals surface area contributed by atoms with Crippen LogP contribution in [0.15, 0.2) is 41.4 Å². The van der Waals surface area contributed by atoms with Crippen LogP contribution >= 0.6 is 24.0 Å². The molecule has 8 heteroatoms. The Morgan fingerprint density at radius 3 is 2.48 bits per heavy atom. The first kappa shape index (κ1) is 19.9. The van der Waals surface area contributed by atoms with Gasteiger partial charge in [0, 0.05) is 25.0 Å². The fourth-order valence-corrected chi connectivity index (χ4v) is 2.98. The average Bonchev–Trinajstić information content (AvgIpc) is 3.08. The zero-order valence-electron chi connectivity index (χ0n) is 13.7. The highest BCUT2D eigenvalue weighted by molar-refractivity contribution is 14.0. The molecule has 1 aromatic rings. The van der Waals surface area contributed by atoms with Crippen molar-refractivity contribution in [3.05, 3.63) is 42.0 Å². The molecule has 0 amide bonds. The SMILES string of the molecule is CN=C(NC1CC=CC1)NC1CC1c1ccccc1OC(F)(F)F.I. The third-order valence-corrected chi connectivity index (χ3v) is 4.23. The number of nitrogens with zero attached hydrogens (tertiary/aromatic N) is 1. The Kier molecular flexibility index (Phi) is 6.59. The summed E-state index contributed by atoms with van der Waals surface area (Å²) in [7, 11) is 1.69. The van der Waals surface area contributed by atoms with Gasteiger partial charge in [-0.2, -0.15) is 0 Å². The number of hydrogen-bond acceptors (Lipinski definition) is 2. The van der Waals surface area contributed by atoms with Crippen molar-refractivity contribution in [1.29, 1.82) is 0 Å². The summed E-state index contributed by atoms with van der Waals surface area (Å²) >= 11 is 0. The third-order valence-electron chi connectivity index (χ3n) is 4.23. The van der Waals surface area contributed by atoms with E-state index in [9.17, 15) is 13.2 Å². The number of aliphatic imine (C=N–C) groups is 1. The van der Waals surface area contributed by atoms with Crippen molar-refractivity contribution >= 4 is 29.9 Å². The second kappa shape index (κ2) is 8.29. The van der Waals surface area contributed by atoms with Crippen LogP contribution in [0.3, 0.4) is 0 Å². The van der Waals surface area contributed by atoms with Crippen LogP contribution < -0.4 is 15.4 Å². The molecule has 1 fully saturated rings. The molecular formula is C17H21F3IN3O. The number of para-hydroxylation sites is 1. The molecular weight excluding hydrogens is 446 g/mol. The fourth-order valence-electron chi connectivity index (χ4n) is 2.98. The normalized spacial score (nSPS) is 23.1. The van der Waals surface area contributed by atoms with E-state index in [1.807, 2.05) is 0 Å². The van der Waals surface area contributed by atoms with Gasteiger partial charge >= 0.3 is 6.36 Å². The fraction of sp³-hybridized carbons (Fsp3) is 0.471. The number of halogens is 4. The van der Waals surface area contributed by atoms with Gasteiger partial charge in [-0.25, -0.2) is 0 Å². The lowest BCUT2D eigenvalue weighted by atomic mass is 10.1. The lowest BCUT2D eigenvalue weighted by Gasteiger charge is -2.17. The smallest absolute Gasteiger partial charge is 0.405 e. The van der Waals surface area contributed by atoms with Crippen molar-refractivity contribution in [2.24, 2.45) is 4.99 Å². The second-order valence-electron chi connectivity index (χ2n) is 6.03. The summed E-state index contributed by atoms with van der Waals surface area (Å²) in [6.45, 7) is 0. The van der Waals surface area contributed by atoms with Crippen molar-refractivity contribution in [3.8, 4) is 5.75 Å². The van der Waals surface area contributed by atoms with Crippen molar-refractivity contribution in [2.45, 2.75) is 43.6 Å². The quantitative estimate of drug-likeness (QED) is 0.305. The molecule has 3 rings (SSSR count). The molecule has 0 aromatic heterocycles. The van der Waals surface area contributed by atoms with E-state index in [1.165, 1.54) is 6.07 Å². The largest absolute Gasteiger partial charge is 0.573 e. The van der Waals surface area contributed by atoms with Gasteiger partial charge in [-0.15, -0.1) is 37.1 Å². The first-order chi connectivity index (χ1) is 11.5. The summed E-state index contributed by atoms with van der Waals surface area (Å²) in [5.74, 6) is 0.552. The molecule has 4 nitrogen and oxygen atoms in total. The Balaban J connectivity index is 0.00000225. The summed E-state index contributed by atoms with van der Waals surface area (Å²) in [5.41, 5.74) is 0.574. The summed E-state index contributed by atoms with van der Waals surface area (Å²) in [4.78, 5) is 4.20. The van der Waals surface area contributed by atoms with E-state index >= 15 is 0 Å². The first-order valence-electron chi connectivity index (χ1n) is 7.96. The maximum atomic E-state index is 12.5. The van der Waals surface area contributed by atoms with E-state index in [2.05, 4.69) is 32.5 Å². The topological polar surface area (TPSA) is 45.7 Å². The number of nitrogens with one attached hydrogen (secondary N) is 2. The van der Waals surface area contributed by atoms with Crippen LogP contribution in [0, 0.1) is 0 Å². The summed E-state index contributed by atoms with van der Waals surface area (Å²) in [6, 6.07) is 6.70. The number of alkyl halides is 3. The maximum absolute atomic E-state index is 12.5. The molecule has 0 saturated heterocycles. The Morgan fingerprint density at radius 2 is 1.84 bits per heavy atom. The summed E-state index contributed by atoms with van der Waals surface area (Å²) < 4.78 is 41.7. The van der Waals surface area contributed by atoms with E-state index in [1.54, 1.807) is 25.2 Å². The van der Waals surface area contributed by atoms with Crippen molar-refractivity contribution in [3.63, 3.8) is 0 Å². The number of guanidine groups is 1. The standard InChI is InChI=1S/C17H20F3N3O.HI/c1-21-16(22-11-6-2-3-7-11)23-14-10-13(14)12-8-4-5-9-15(12)24-17(18,19)20;/h2-5,8-9,11,13-14H,6-7,10H2,1H3,(H2,21,22,23);1H. The van der Waals surface area contributed by atoms with E-state index in [0.717, 1.165) is 19.3 Å². The van der Waals surface area contributed by atoms with Crippen molar-refractivity contribution < 1.29 is 17.9 Å². The zero-order valence-corrected chi connectivity index (χ0v) is 16.0. The lowest BCUT2D eigenvalue weighted by Crippen LogP contribution is -2.43. The maximum Gasteiger partial charge on any atom is 0.573 e. The number of benzene rings is 1. The van der Waals surface area contributed by atoms with Gasteiger partial charge in [0.05, 0.1) is 0 Å². The molecule has 0 spiro atoms. The Bertz CT molecular complexity index is 640. The molecule has 25 heavy (non-hydrogen) atoms. The van der Waals surface area contributed by atoms with Crippen LogP contribution in [0.4, 0.5) is 13.2 Å². The monoisotopic (exact) mass is 467 g/mol. The third kappa shape index (κ3) is 5.52. The van der Waals surface area contributed by atoms with E-state index in [4.69, 9.17) is 0 Å². The molecule has 0 heterocycles. The van der Waals surface area contributed by atoms with Crippen LogP contribution in [0.1, 0.15) is 30.7 Å². The molecule has 0 bridgehead atoms. The highest BCUT2D eigenvalue weighted by Crippen LogP contribution is 2.45. The lowest BCUT2D eigenvalue weighted by molar-refractivity contribution is -0.274. The first-order valence-corrected chi connectivity index (χ1v) is 7.96. The van der Waals surface area contributed by atoms with Crippen LogP contribution in [0.25, 0.3) is 0 Å². The number of rotatable bonds is 4. The van der Waals surface area contributed by atoms with Gasteiger partial charge in [-0.05, 0) is 30.9 Å². The summed E-state index contributed by atoms with van der Waals surface area (Å²) in [5, 5.41) is 6.61. The van der Waals surface area contributed by atoms with Crippen LogP contribution in [-0.2, 0) is 0 Å². The average molecular weight is 467 g/mol. The van der Waals surface area contributed by atoms with Crippen LogP contribution in [-0.4, -0.2) is 31.5 Å². The highest BCUT2D eigenvalue weighted by atomic mass is 127.